The number of thioether (sulfide) groups is 1. The number of carbonyl (C=O) groups is 12. The summed E-state index contributed by atoms with van der Waals surface area (Å²) in [6.07, 6.45) is 7.96. The monoisotopic (exact) mass is 1440 g/mol. The Hall–Kier alpha value is -8.14. The molecule has 0 bridgehead atoms. The van der Waals surface area contributed by atoms with E-state index in [-0.39, 0.29) is 102 Å². The summed E-state index contributed by atoms with van der Waals surface area (Å²) in [5, 5.41) is 30.9. The highest BCUT2D eigenvalue weighted by molar-refractivity contribution is 7.98. The number of H-pyrrole nitrogens is 1. The summed E-state index contributed by atoms with van der Waals surface area (Å²) in [6.45, 7) is 14.4. The van der Waals surface area contributed by atoms with Gasteiger partial charge in [-0.3, -0.25) is 62.5 Å². The van der Waals surface area contributed by atoms with Gasteiger partial charge in [0.2, 0.25) is 70.9 Å². The minimum atomic E-state index is -1.28. The molecule has 33 heteroatoms. The number of carbonyl (C=O) groups excluding carboxylic acids is 12. The number of hydrogen-bond acceptors (Lipinski definition) is 18. The number of aromatic amines is 1. The number of primary amides is 1. The zero-order valence-electron chi connectivity index (χ0n) is 60.7. The molecule has 0 aliphatic heterocycles. The fraction of sp³-hybridized carbons (Fsp3) is 0.691. The second-order valence-electron chi connectivity index (χ2n) is 26.6. The number of guanidine groups is 1. The van der Waals surface area contributed by atoms with Crippen molar-refractivity contribution in [1.82, 2.24) is 63.5 Å². The Morgan fingerprint density at radius 3 is 1.34 bits per heavy atom. The van der Waals surface area contributed by atoms with E-state index in [2.05, 4.69) is 68.5 Å². The summed E-state index contributed by atoms with van der Waals surface area (Å²) in [4.78, 5) is 175. The van der Waals surface area contributed by atoms with Gasteiger partial charge < -0.3 is 104 Å². The van der Waals surface area contributed by atoms with Gasteiger partial charge in [-0.1, -0.05) is 86.4 Å². The molecule has 0 saturated heterocycles. The quantitative estimate of drug-likeness (QED) is 0.0204. The molecule has 0 saturated carbocycles. The number of nitrogens with two attached hydrogens (primary N) is 7. The topological polar surface area (TPSA) is 547 Å². The van der Waals surface area contributed by atoms with Crippen molar-refractivity contribution >= 4 is 99.5 Å². The van der Waals surface area contributed by atoms with Crippen molar-refractivity contribution in [3.8, 4) is 0 Å². The summed E-state index contributed by atoms with van der Waals surface area (Å²) < 4.78 is 0. The van der Waals surface area contributed by atoms with Gasteiger partial charge in [-0.05, 0) is 157 Å². The molecular weight excluding hydrogens is 1320 g/mol. The minimum Gasteiger partial charge on any atom is -0.370 e. The summed E-state index contributed by atoms with van der Waals surface area (Å²) >= 11 is 1.46. The van der Waals surface area contributed by atoms with Gasteiger partial charge in [0.15, 0.2) is 5.96 Å². The average Bonchev–Trinajstić information content (AvgIpc) is 1.76. The van der Waals surface area contributed by atoms with Crippen LogP contribution < -0.4 is 98.6 Å². The van der Waals surface area contributed by atoms with Crippen LogP contribution >= 0.6 is 11.8 Å². The number of rotatable bonds is 52. The van der Waals surface area contributed by atoms with Crippen molar-refractivity contribution in [3.63, 3.8) is 0 Å². The number of aliphatic imine (C=N–C) groups is 1. The average molecular weight is 1440 g/mol. The number of hydrogen-bond donors (Lipinski definition) is 19. The zero-order chi connectivity index (χ0) is 75.7. The van der Waals surface area contributed by atoms with Crippen LogP contribution in [0.15, 0.2) is 35.5 Å². The number of nitrogens with zero attached hydrogens (tertiary/aromatic N) is 1. The van der Waals surface area contributed by atoms with Crippen molar-refractivity contribution < 1.29 is 57.5 Å². The minimum absolute atomic E-state index is 0.0274. The molecule has 26 N–H and O–H groups in total. The van der Waals surface area contributed by atoms with E-state index in [0.717, 1.165) is 10.9 Å². The van der Waals surface area contributed by atoms with Crippen LogP contribution in [0, 0.1) is 23.7 Å². The fourth-order valence-corrected chi connectivity index (χ4v) is 11.5. The van der Waals surface area contributed by atoms with E-state index in [4.69, 9.17) is 40.1 Å². The van der Waals surface area contributed by atoms with Gasteiger partial charge in [-0.15, -0.1) is 0 Å². The van der Waals surface area contributed by atoms with Crippen LogP contribution in [-0.2, 0) is 64.0 Å². The number of benzene rings is 1. The van der Waals surface area contributed by atoms with Crippen molar-refractivity contribution in [1.29, 1.82) is 0 Å². The van der Waals surface area contributed by atoms with Crippen LogP contribution in [0.25, 0.3) is 10.9 Å². The highest BCUT2D eigenvalue weighted by Crippen LogP contribution is 2.21. The smallest absolute Gasteiger partial charge is 0.243 e. The predicted molar refractivity (Wildman–Crippen MR) is 392 cm³/mol. The molecule has 2 rings (SSSR count). The van der Waals surface area contributed by atoms with Crippen LogP contribution in [0.1, 0.15) is 164 Å². The van der Waals surface area contributed by atoms with Crippen LogP contribution in [0.5, 0.6) is 0 Å². The van der Waals surface area contributed by atoms with E-state index in [0.29, 0.717) is 69.1 Å². The van der Waals surface area contributed by atoms with Crippen LogP contribution in [0.2, 0.25) is 0 Å². The predicted octanol–water partition coefficient (Wildman–Crippen LogP) is -1.50. The van der Waals surface area contributed by atoms with Gasteiger partial charge in [0, 0.05) is 30.1 Å². The van der Waals surface area contributed by atoms with Gasteiger partial charge in [0.1, 0.15) is 60.4 Å². The Balaban J connectivity index is 2.43. The van der Waals surface area contributed by atoms with E-state index in [1.54, 1.807) is 27.0 Å². The number of aromatic nitrogens is 1. The van der Waals surface area contributed by atoms with E-state index in [9.17, 15) is 57.5 Å². The van der Waals surface area contributed by atoms with Crippen LogP contribution in [0.4, 0.5) is 0 Å². The molecule has 0 fully saturated rings. The number of fused-ring (bicyclic) bond motifs is 1. The van der Waals surface area contributed by atoms with Crippen molar-refractivity contribution in [2.75, 3.05) is 51.3 Å². The third kappa shape index (κ3) is 33.5. The lowest BCUT2D eigenvalue weighted by molar-refractivity contribution is -0.136. The normalized spacial score (nSPS) is 14.9. The molecule has 570 valence electrons. The standard InChI is InChI=1S/C68H120N20O12S/c1-10-41(7)56(66(99)81-46(58(73)91)26-20-31-76-68(74)75)88-65(98)52(34-40(5)6)84-60(93)47(23-14-17-28-69)80-55(90)38-78-59(92)51(33-39(3)4)86-67(100)57(42(8)11-2)87-63(96)49(25-16-19-30-71)82-61(94)48(24-15-18-29-70)83-64(97)53(35-43-37-77-45-22-13-12-21-44(43)45)85-62(95)50(27-32-101-9)79-54(89)36-72/h12-13,21-22,37,39-42,46-53,56-57,77H,10-11,14-20,23-36,38,69-72H2,1-9H3,(H2,73,91)(H,78,92)(H,79,89)(H,80,90)(H,81,99)(H,82,94)(H,83,97)(H,84,93)(H,85,95)(H,86,100)(H,87,96)(H,88,98)(H4,74,75,76)/t41-,42-,46-,47-,48-,49-,50-,51-,52-,53-,56-,57-/m0/s1. The summed E-state index contributed by atoms with van der Waals surface area (Å²) in [5.41, 5.74) is 41.1. The lowest BCUT2D eigenvalue weighted by Crippen LogP contribution is -2.61. The first-order valence-electron chi connectivity index (χ1n) is 35.5. The molecule has 0 aliphatic rings. The van der Waals surface area contributed by atoms with Gasteiger partial charge in [-0.2, -0.15) is 11.8 Å². The van der Waals surface area contributed by atoms with Gasteiger partial charge in [-0.25, -0.2) is 0 Å². The molecular formula is C68H120N20O12S. The molecule has 12 amide bonds. The first-order chi connectivity index (χ1) is 48.0. The number of amides is 12. The Morgan fingerprint density at radius 1 is 0.465 bits per heavy atom. The van der Waals surface area contributed by atoms with Crippen molar-refractivity contribution in [3.05, 3.63) is 36.0 Å². The highest BCUT2D eigenvalue weighted by Gasteiger charge is 2.37. The number of nitrogens with one attached hydrogen (secondary N) is 12. The third-order valence-electron chi connectivity index (χ3n) is 17.2. The van der Waals surface area contributed by atoms with E-state index < -0.39 is 150 Å². The molecule has 2 aromatic rings. The Labute approximate surface area is 599 Å². The van der Waals surface area contributed by atoms with E-state index in [1.807, 2.05) is 65.1 Å². The maximum absolute atomic E-state index is 14.7. The van der Waals surface area contributed by atoms with Gasteiger partial charge in [0.25, 0.3) is 0 Å². The molecule has 0 unspecified atom stereocenters. The largest absolute Gasteiger partial charge is 0.370 e. The zero-order valence-corrected chi connectivity index (χ0v) is 61.6. The first kappa shape index (κ1) is 88.9. The van der Waals surface area contributed by atoms with E-state index >= 15 is 0 Å². The van der Waals surface area contributed by atoms with Gasteiger partial charge >= 0.3 is 0 Å². The summed E-state index contributed by atoms with van der Waals surface area (Å²) in [6, 6.07) is -4.66. The second-order valence-corrected chi connectivity index (χ2v) is 27.6. The van der Waals surface area contributed by atoms with Gasteiger partial charge in [0.05, 0.1) is 13.1 Å². The van der Waals surface area contributed by atoms with Crippen LogP contribution in [0.3, 0.4) is 0 Å². The molecule has 0 spiro atoms. The molecule has 12 atom stereocenters. The first-order valence-corrected chi connectivity index (χ1v) is 36.9. The molecule has 1 aromatic heterocycles. The Kier molecular flexibility index (Phi) is 42.8. The summed E-state index contributed by atoms with van der Waals surface area (Å²) in [5.74, 6) is -9.58. The SMILES string of the molecule is CC[C@H](C)[C@H](NC(=O)[C@H](CC(C)C)NC(=O)[C@H](CCCCN)NC(=O)CNC(=O)[C@H](CC(C)C)NC(=O)[C@@H](NC(=O)[C@H](CCCCN)NC(=O)[C@H](CCCCN)NC(=O)[C@H](Cc1c[nH]c2ccccc12)NC(=O)[C@H](CCSC)NC(=O)CN)[C@@H](C)CC)C(=O)N[C@@H](CCCN=C(N)N)C(N)=O. The Morgan fingerprint density at radius 2 is 0.871 bits per heavy atom. The lowest BCUT2D eigenvalue weighted by atomic mass is 9.96. The van der Waals surface area contributed by atoms with Crippen molar-refractivity contribution in [2.24, 2.45) is 68.8 Å². The fourth-order valence-electron chi connectivity index (χ4n) is 11.0. The molecule has 0 aliphatic carbocycles. The highest BCUT2D eigenvalue weighted by atomic mass is 32.2. The Bertz CT molecular complexity index is 2990. The third-order valence-corrected chi connectivity index (χ3v) is 17.9. The number of para-hydroxylation sites is 1. The maximum atomic E-state index is 14.7. The molecule has 1 heterocycles. The second kappa shape index (κ2) is 48.6. The summed E-state index contributed by atoms with van der Waals surface area (Å²) in [7, 11) is 0. The van der Waals surface area contributed by atoms with E-state index in [1.165, 1.54) is 11.8 Å². The lowest BCUT2D eigenvalue weighted by Gasteiger charge is -2.30. The van der Waals surface area contributed by atoms with Crippen molar-refractivity contribution in [2.45, 2.75) is 225 Å². The maximum Gasteiger partial charge on any atom is 0.243 e. The molecule has 1 aromatic carbocycles. The molecule has 32 nitrogen and oxygen atoms in total. The molecule has 101 heavy (non-hydrogen) atoms. The van der Waals surface area contributed by atoms with Crippen LogP contribution in [-0.4, -0.2) is 194 Å². The number of unbranched alkanes of at least 4 members (excludes halogenated alkanes) is 3. The molecule has 0 radical (unpaired) electrons.